The van der Waals surface area contributed by atoms with Crippen LogP contribution in [0.3, 0.4) is 0 Å². The molecule has 2 aromatic rings. The highest BCUT2D eigenvalue weighted by Crippen LogP contribution is 2.64. The van der Waals surface area contributed by atoms with Crippen LogP contribution < -0.4 is 10.6 Å². The number of hydrogen-bond donors (Lipinski definition) is 0. The monoisotopic (exact) mass is 778 g/mol. The molecule has 0 aliphatic heterocycles. The number of benzene rings is 2. The van der Waals surface area contributed by atoms with Crippen LogP contribution in [-0.2, 0) is 24.7 Å². The molecule has 276 valence electrons. The van der Waals surface area contributed by atoms with E-state index in [4.69, 9.17) is 0 Å². The second kappa shape index (κ2) is 15.4. The molecule has 2 saturated carbocycles. The molecule has 5 rings (SSSR count). The van der Waals surface area contributed by atoms with Gasteiger partial charge in [0, 0.05) is 5.92 Å². The first-order valence-corrected chi connectivity index (χ1v) is 20.1. The van der Waals surface area contributed by atoms with E-state index in [2.05, 4.69) is 0 Å². The van der Waals surface area contributed by atoms with Crippen LogP contribution >= 0.6 is 25.1 Å². The van der Waals surface area contributed by atoms with Gasteiger partial charge in [-0.05, 0) is 100 Å². The molecule has 50 heavy (non-hydrogen) atoms. The van der Waals surface area contributed by atoms with Crippen LogP contribution in [0.1, 0.15) is 93.4 Å². The van der Waals surface area contributed by atoms with E-state index in [-0.39, 0.29) is 28.4 Å². The zero-order chi connectivity index (χ0) is 36.6. The van der Waals surface area contributed by atoms with Crippen molar-refractivity contribution in [3.63, 3.8) is 0 Å². The highest BCUT2D eigenvalue weighted by molar-refractivity contribution is 7.60. The zero-order valence-electron chi connectivity index (χ0n) is 27.0. The molecule has 3 aliphatic rings. The van der Waals surface area contributed by atoms with E-state index in [1.165, 1.54) is 0 Å². The molecule has 3 aliphatic carbocycles. The maximum Gasteiger partial charge on any atom is 0.416 e. The van der Waals surface area contributed by atoms with Gasteiger partial charge < -0.3 is 0 Å². The Morgan fingerprint density at radius 2 is 0.800 bits per heavy atom. The second-order valence-corrected chi connectivity index (χ2v) is 19.3. The number of allylic oxidation sites excluding steroid dienone is 4. The van der Waals surface area contributed by atoms with Gasteiger partial charge in [-0.15, -0.1) is 0 Å². The Morgan fingerprint density at radius 1 is 0.500 bits per heavy atom. The van der Waals surface area contributed by atoms with Crippen molar-refractivity contribution in [3.8, 4) is 0 Å². The van der Waals surface area contributed by atoms with Gasteiger partial charge in [0.05, 0.1) is 22.3 Å². The molecule has 3 atom stereocenters. The summed E-state index contributed by atoms with van der Waals surface area (Å²) in [5, 5.41) is 0.725. The van der Waals surface area contributed by atoms with Gasteiger partial charge in [-0.2, -0.15) is 52.7 Å². The van der Waals surface area contributed by atoms with Crippen LogP contribution in [0.15, 0.2) is 59.2 Å². The Hall–Kier alpha value is -1.63. The van der Waals surface area contributed by atoms with Gasteiger partial charge in [-0.1, -0.05) is 82.7 Å². The SMILES string of the molecule is CC(C1C(Pc2cc(C(F)(F)F)cc(C(F)(F)F)c2)=CC=C1Pc1cc(C(F)(F)F)cc(C(F)(F)F)c1)P(C1CCCCC1)C1CCCCC1. The predicted molar refractivity (Wildman–Crippen MR) is 179 cm³/mol. The summed E-state index contributed by atoms with van der Waals surface area (Å²) in [5.74, 6) is -0.547. The van der Waals surface area contributed by atoms with E-state index in [1.54, 1.807) is 12.2 Å². The standard InChI is InChI=1S/C35H37F12P3/c1-20(50(27-8-4-2-5-9-27)28-10-6-3-7-11-28)31-29(48-25-16-21(32(36,37)38)14-22(17-25)33(39,40)41)12-13-30(31)49-26-18-23(34(42,43)44)15-24(19-26)35(45,46)47/h12-20,27-28,31,48-49H,2-11H2,1H3. The summed E-state index contributed by atoms with van der Waals surface area (Å²) in [4.78, 5) is 0. The minimum Gasteiger partial charge on any atom is -0.166 e. The minimum absolute atomic E-state index is 0.0689. The molecule has 0 saturated heterocycles. The molecule has 0 spiro atoms. The summed E-state index contributed by atoms with van der Waals surface area (Å²) in [6.45, 7) is 2.03. The molecule has 3 unspecified atom stereocenters. The highest BCUT2D eigenvalue weighted by Gasteiger charge is 2.43. The van der Waals surface area contributed by atoms with Crippen molar-refractivity contribution in [1.29, 1.82) is 0 Å². The largest absolute Gasteiger partial charge is 0.416 e. The topological polar surface area (TPSA) is 0 Å². The molecule has 2 aromatic carbocycles. The fraction of sp³-hybridized carbons (Fsp3) is 0.543. The second-order valence-electron chi connectivity index (χ2n) is 13.3. The van der Waals surface area contributed by atoms with Crippen molar-refractivity contribution in [3.05, 3.63) is 81.4 Å². The minimum atomic E-state index is -5.04. The average molecular weight is 779 g/mol. The lowest BCUT2D eigenvalue weighted by molar-refractivity contribution is -0.144. The molecule has 0 radical (unpaired) electrons. The van der Waals surface area contributed by atoms with E-state index in [1.807, 2.05) is 6.92 Å². The smallest absolute Gasteiger partial charge is 0.166 e. The van der Waals surface area contributed by atoms with E-state index >= 15 is 0 Å². The number of rotatable bonds is 8. The van der Waals surface area contributed by atoms with Gasteiger partial charge in [0.15, 0.2) is 0 Å². The lowest BCUT2D eigenvalue weighted by Crippen LogP contribution is -2.30. The lowest BCUT2D eigenvalue weighted by atomic mass is 9.99. The van der Waals surface area contributed by atoms with Crippen molar-refractivity contribution >= 4 is 35.7 Å². The van der Waals surface area contributed by atoms with Crippen LogP contribution in [0.25, 0.3) is 0 Å². The predicted octanol–water partition coefficient (Wildman–Crippen LogP) is 13.0. The van der Waals surface area contributed by atoms with Crippen LogP contribution in [0.5, 0.6) is 0 Å². The number of halogens is 12. The van der Waals surface area contributed by atoms with Crippen LogP contribution in [0.4, 0.5) is 52.7 Å². The lowest BCUT2D eigenvalue weighted by Gasteiger charge is -2.45. The molecule has 0 nitrogen and oxygen atoms in total. The summed E-state index contributed by atoms with van der Waals surface area (Å²) in [6.07, 6.45) is -6.63. The molecule has 0 N–H and O–H groups in total. The molecular formula is C35H37F12P3. The number of alkyl halides is 12. The van der Waals surface area contributed by atoms with Crippen molar-refractivity contribution < 1.29 is 52.7 Å². The van der Waals surface area contributed by atoms with E-state index < -0.39 is 78.0 Å². The molecule has 15 heteroatoms. The van der Waals surface area contributed by atoms with Gasteiger partial charge in [0.2, 0.25) is 0 Å². The van der Waals surface area contributed by atoms with Crippen LogP contribution in [0, 0.1) is 5.92 Å². The molecule has 0 aromatic heterocycles. The van der Waals surface area contributed by atoms with Crippen molar-refractivity contribution in [2.75, 3.05) is 0 Å². The maximum absolute atomic E-state index is 13.8. The first kappa shape index (κ1) is 39.6. The van der Waals surface area contributed by atoms with Gasteiger partial charge in [-0.3, -0.25) is 0 Å². The molecule has 0 amide bonds. The third-order valence-corrected chi connectivity index (χ3v) is 16.5. The first-order valence-electron chi connectivity index (χ1n) is 16.5. The Balaban J connectivity index is 1.57. The molecular weight excluding hydrogens is 741 g/mol. The Labute approximate surface area is 288 Å². The summed E-state index contributed by atoms with van der Waals surface area (Å²) < 4.78 is 165. The Bertz CT molecular complexity index is 1380. The van der Waals surface area contributed by atoms with E-state index in [0.717, 1.165) is 64.2 Å². The number of hydrogen-bond acceptors (Lipinski definition) is 0. The van der Waals surface area contributed by atoms with E-state index in [0.29, 0.717) is 46.2 Å². The van der Waals surface area contributed by atoms with Crippen molar-refractivity contribution in [1.82, 2.24) is 0 Å². The van der Waals surface area contributed by atoms with Crippen molar-refractivity contribution in [2.45, 2.75) is 113 Å². The van der Waals surface area contributed by atoms with Crippen LogP contribution in [0.2, 0.25) is 0 Å². The first-order chi connectivity index (χ1) is 23.2. The van der Waals surface area contributed by atoms with Gasteiger partial charge in [-0.25, -0.2) is 0 Å². The van der Waals surface area contributed by atoms with Gasteiger partial charge >= 0.3 is 24.7 Å². The quantitative estimate of drug-likeness (QED) is 0.185. The fourth-order valence-electron chi connectivity index (χ4n) is 7.59. The Kier molecular flexibility index (Phi) is 12.2. The van der Waals surface area contributed by atoms with Crippen molar-refractivity contribution in [2.24, 2.45) is 5.92 Å². The maximum atomic E-state index is 13.8. The molecule has 0 bridgehead atoms. The summed E-state index contributed by atoms with van der Waals surface area (Å²) in [5.41, 5.74) is -5.15. The van der Waals surface area contributed by atoms with Crippen LogP contribution in [-0.4, -0.2) is 17.0 Å². The third-order valence-electron chi connectivity index (χ3n) is 9.81. The Morgan fingerprint density at radius 3 is 1.08 bits per heavy atom. The summed E-state index contributed by atoms with van der Waals surface area (Å²) in [7, 11) is -2.00. The molecule has 2 fully saturated rings. The summed E-state index contributed by atoms with van der Waals surface area (Å²) in [6, 6.07) is 2.93. The van der Waals surface area contributed by atoms with Gasteiger partial charge in [0.1, 0.15) is 0 Å². The zero-order valence-corrected chi connectivity index (χ0v) is 29.9. The fourth-order valence-corrected chi connectivity index (χ4v) is 15.6. The van der Waals surface area contributed by atoms with Gasteiger partial charge in [0.25, 0.3) is 0 Å². The molecule has 0 heterocycles. The highest BCUT2D eigenvalue weighted by atomic mass is 31.1. The third kappa shape index (κ3) is 9.67. The van der Waals surface area contributed by atoms with E-state index in [9.17, 15) is 52.7 Å². The summed E-state index contributed by atoms with van der Waals surface area (Å²) >= 11 is 0. The average Bonchev–Trinajstić information content (AvgIpc) is 3.41. The normalized spacial score (nSPS) is 21.5.